The van der Waals surface area contributed by atoms with Crippen LogP contribution < -0.4 is 4.74 Å². The van der Waals surface area contributed by atoms with Crippen molar-refractivity contribution in [3.05, 3.63) is 106 Å². The van der Waals surface area contributed by atoms with Crippen molar-refractivity contribution in [1.82, 2.24) is 4.31 Å². The standard InChI is InChI=1S/C31H40N2O7SSi/c1-21-13-19-25(20-14-21)41(37,38)32-27(23-11-9-8-10-12-23)28(33(35)36)26(22-15-17-24(39-5)18-16-22)29(30(32)34)40-42(6,7)31(2,3)4/h8-20,26-30,34H,1-7H3/t26-,27-,28+,29-,30+/m0/s1. The fraction of sp³-hybridized carbons (Fsp3) is 0.419. The summed E-state index contributed by atoms with van der Waals surface area (Å²) in [5, 5.41) is 25.0. The summed E-state index contributed by atoms with van der Waals surface area (Å²) in [4.78, 5) is 12.6. The monoisotopic (exact) mass is 612 g/mol. The summed E-state index contributed by atoms with van der Waals surface area (Å²) < 4.78 is 41.7. The lowest BCUT2D eigenvalue weighted by Crippen LogP contribution is -2.65. The Labute approximate surface area is 249 Å². The summed E-state index contributed by atoms with van der Waals surface area (Å²) in [5.74, 6) is -0.414. The number of benzene rings is 3. The maximum atomic E-state index is 14.4. The van der Waals surface area contributed by atoms with E-state index in [4.69, 9.17) is 9.16 Å². The van der Waals surface area contributed by atoms with E-state index in [0.717, 1.165) is 9.87 Å². The van der Waals surface area contributed by atoms with E-state index in [2.05, 4.69) is 0 Å². The SMILES string of the molecule is COc1ccc([C@@H]2[C@H](O[Si](C)(C)C(C)(C)C)[C@@H](O)N(S(=O)(=O)c3ccc(C)cc3)[C@@H](c3ccccc3)[C@@H]2[N+](=O)[O-])cc1. The third-order valence-electron chi connectivity index (χ3n) is 8.59. The van der Waals surface area contributed by atoms with Crippen molar-refractivity contribution >= 4 is 18.3 Å². The number of piperidine rings is 1. The first-order valence-electron chi connectivity index (χ1n) is 13.9. The molecule has 5 atom stereocenters. The molecule has 1 aliphatic rings. The molecule has 1 heterocycles. The van der Waals surface area contributed by atoms with Crippen LogP contribution in [0.25, 0.3) is 0 Å². The van der Waals surface area contributed by atoms with E-state index in [9.17, 15) is 23.6 Å². The van der Waals surface area contributed by atoms with Gasteiger partial charge in [-0.15, -0.1) is 0 Å². The molecule has 0 saturated carbocycles. The van der Waals surface area contributed by atoms with Crippen molar-refractivity contribution in [2.24, 2.45) is 0 Å². The van der Waals surface area contributed by atoms with Gasteiger partial charge in [-0.25, -0.2) is 8.42 Å². The molecule has 1 N–H and O–H groups in total. The molecule has 0 radical (unpaired) electrons. The van der Waals surface area contributed by atoms with E-state index < -0.39 is 53.6 Å². The van der Waals surface area contributed by atoms with Crippen molar-refractivity contribution in [2.75, 3.05) is 7.11 Å². The molecule has 0 aromatic heterocycles. The molecule has 226 valence electrons. The van der Waals surface area contributed by atoms with Crippen LogP contribution in [-0.2, 0) is 14.4 Å². The smallest absolute Gasteiger partial charge is 0.246 e. The van der Waals surface area contributed by atoms with Crippen LogP contribution in [0, 0.1) is 17.0 Å². The number of hydrogen-bond donors (Lipinski definition) is 1. The highest BCUT2D eigenvalue weighted by molar-refractivity contribution is 7.89. The Bertz CT molecular complexity index is 1490. The fourth-order valence-corrected chi connectivity index (χ4v) is 8.24. The third-order valence-corrected chi connectivity index (χ3v) is 14.9. The summed E-state index contributed by atoms with van der Waals surface area (Å²) in [6, 6.07) is 18.8. The Balaban J connectivity index is 2.02. The fourth-order valence-electron chi connectivity index (χ4n) is 5.26. The number of ether oxygens (including phenoxy) is 1. The van der Waals surface area contributed by atoms with E-state index in [0.29, 0.717) is 16.9 Å². The quantitative estimate of drug-likeness (QED) is 0.191. The highest BCUT2D eigenvalue weighted by Gasteiger charge is 2.61. The van der Waals surface area contributed by atoms with E-state index in [-0.39, 0.29) is 9.93 Å². The second-order valence-corrected chi connectivity index (χ2v) is 18.9. The maximum absolute atomic E-state index is 14.4. The summed E-state index contributed by atoms with van der Waals surface area (Å²) >= 11 is 0. The van der Waals surface area contributed by atoms with Crippen LogP contribution in [0.1, 0.15) is 49.4 Å². The second kappa shape index (κ2) is 11.9. The molecule has 0 aliphatic carbocycles. The van der Waals surface area contributed by atoms with Gasteiger partial charge in [-0.05, 0) is 60.4 Å². The number of nitrogens with zero attached hydrogens (tertiary/aromatic N) is 2. The van der Waals surface area contributed by atoms with Gasteiger partial charge in [0, 0.05) is 4.92 Å². The maximum Gasteiger partial charge on any atom is 0.246 e. The number of aryl methyl sites for hydroxylation is 1. The molecule has 3 aromatic rings. The van der Waals surface area contributed by atoms with Crippen LogP contribution in [0.15, 0.2) is 83.8 Å². The molecule has 0 amide bonds. The Hall–Kier alpha value is -3.09. The molecular weight excluding hydrogens is 573 g/mol. The number of hydrogen-bond acceptors (Lipinski definition) is 7. The van der Waals surface area contributed by atoms with Crippen LogP contribution in [0.5, 0.6) is 5.75 Å². The molecule has 3 aromatic carbocycles. The molecular formula is C31H40N2O7SSi. The van der Waals surface area contributed by atoms with Crippen molar-refractivity contribution in [1.29, 1.82) is 0 Å². The zero-order chi connectivity index (χ0) is 31.0. The number of sulfonamides is 1. The summed E-state index contributed by atoms with van der Waals surface area (Å²) in [7, 11) is -5.60. The Kier molecular flexibility index (Phi) is 9.01. The molecule has 11 heteroatoms. The minimum atomic E-state index is -4.44. The molecule has 42 heavy (non-hydrogen) atoms. The predicted molar refractivity (Wildman–Crippen MR) is 164 cm³/mol. The molecule has 1 fully saturated rings. The Morgan fingerprint density at radius 1 is 0.929 bits per heavy atom. The average molecular weight is 613 g/mol. The van der Waals surface area contributed by atoms with Gasteiger partial charge in [-0.3, -0.25) is 10.1 Å². The largest absolute Gasteiger partial charge is 0.497 e. The number of methoxy groups -OCH3 is 1. The van der Waals surface area contributed by atoms with Crippen molar-refractivity contribution in [2.45, 2.75) is 81.1 Å². The van der Waals surface area contributed by atoms with Crippen molar-refractivity contribution < 1.29 is 27.6 Å². The summed E-state index contributed by atoms with van der Waals surface area (Å²) in [6.45, 7) is 11.9. The molecule has 1 saturated heterocycles. The zero-order valence-corrected chi connectivity index (χ0v) is 26.9. The molecule has 0 spiro atoms. The molecule has 0 bridgehead atoms. The third kappa shape index (κ3) is 6.02. The van der Waals surface area contributed by atoms with Crippen molar-refractivity contribution in [3.63, 3.8) is 0 Å². The van der Waals surface area contributed by atoms with Gasteiger partial charge in [0.05, 0.1) is 24.0 Å². The van der Waals surface area contributed by atoms with Gasteiger partial charge >= 0.3 is 0 Å². The van der Waals surface area contributed by atoms with Crippen LogP contribution in [-0.4, -0.2) is 56.6 Å². The Morgan fingerprint density at radius 2 is 1.50 bits per heavy atom. The summed E-state index contributed by atoms with van der Waals surface area (Å²) in [6.07, 6.45) is -2.95. The van der Waals surface area contributed by atoms with Crippen molar-refractivity contribution in [3.8, 4) is 5.75 Å². The zero-order valence-electron chi connectivity index (χ0n) is 25.1. The van der Waals surface area contributed by atoms with Gasteiger partial charge in [0.25, 0.3) is 0 Å². The number of rotatable bonds is 8. The highest BCUT2D eigenvalue weighted by atomic mass is 32.2. The molecule has 1 aliphatic heterocycles. The van der Waals surface area contributed by atoms with Crippen LogP contribution in [0.2, 0.25) is 18.1 Å². The van der Waals surface area contributed by atoms with Gasteiger partial charge in [0.2, 0.25) is 16.1 Å². The summed E-state index contributed by atoms with van der Waals surface area (Å²) in [5.41, 5.74) is 1.81. The predicted octanol–water partition coefficient (Wildman–Crippen LogP) is 5.89. The van der Waals surface area contributed by atoms with Gasteiger partial charge in [-0.1, -0.05) is 80.9 Å². The first-order valence-corrected chi connectivity index (χ1v) is 18.2. The van der Waals surface area contributed by atoms with Crippen LogP contribution in [0.3, 0.4) is 0 Å². The van der Waals surface area contributed by atoms with E-state index in [1.807, 2.05) is 40.8 Å². The number of aliphatic hydroxyl groups excluding tert-OH is 1. The van der Waals surface area contributed by atoms with Gasteiger partial charge in [0.1, 0.15) is 18.0 Å². The lowest BCUT2D eigenvalue weighted by molar-refractivity contribution is -0.543. The van der Waals surface area contributed by atoms with Crippen LogP contribution in [0.4, 0.5) is 0 Å². The van der Waals surface area contributed by atoms with Gasteiger partial charge < -0.3 is 14.3 Å². The van der Waals surface area contributed by atoms with E-state index >= 15 is 0 Å². The van der Waals surface area contributed by atoms with Gasteiger partial charge in [-0.2, -0.15) is 4.31 Å². The second-order valence-electron chi connectivity index (χ2n) is 12.3. The number of aliphatic hydroxyl groups is 1. The topological polar surface area (TPSA) is 119 Å². The lowest BCUT2D eigenvalue weighted by Gasteiger charge is -2.50. The first kappa shape index (κ1) is 31.8. The van der Waals surface area contributed by atoms with Crippen LogP contribution >= 0.6 is 0 Å². The van der Waals surface area contributed by atoms with Gasteiger partial charge in [0.15, 0.2) is 8.32 Å². The molecule has 0 unspecified atom stereocenters. The number of nitro groups is 1. The molecule has 9 nitrogen and oxygen atoms in total. The first-order chi connectivity index (χ1) is 19.6. The minimum Gasteiger partial charge on any atom is -0.497 e. The van der Waals surface area contributed by atoms with E-state index in [1.165, 1.54) is 19.2 Å². The highest BCUT2D eigenvalue weighted by Crippen LogP contribution is 2.49. The minimum absolute atomic E-state index is 0.0656. The average Bonchev–Trinajstić information content (AvgIpc) is 2.93. The normalized spacial score (nSPS) is 23.9. The van der Waals surface area contributed by atoms with E-state index in [1.54, 1.807) is 66.7 Å². The Morgan fingerprint density at radius 3 is 2.00 bits per heavy atom. The molecule has 4 rings (SSSR count). The lowest BCUT2D eigenvalue weighted by atomic mass is 9.77.